The van der Waals surface area contributed by atoms with E-state index >= 15 is 0 Å². The third-order valence-corrected chi connectivity index (χ3v) is 2.76. The molecule has 2 aromatic rings. The Bertz CT molecular complexity index is 514. The molecule has 0 radical (unpaired) electrons. The molecule has 2 rings (SSSR count). The van der Waals surface area contributed by atoms with Crippen LogP contribution in [0.4, 0.5) is 11.8 Å². The minimum Gasteiger partial charge on any atom is -0.369 e. The van der Waals surface area contributed by atoms with Crippen LogP contribution >= 0.6 is 0 Å². The van der Waals surface area contributed by atoms with Crippen LogP contribution in [0.1, 0.15) is 25.8 Å². The average molecular weight is 272 g/mol. The first-order valence-corrected chi connectivity index (χ1v) is 6.80. The summed E-state index contributed by atoms with van der Waals surface area (Å²) in [5.74, 6) is 1.93. The van der Waals surface area contributed by atoms with Crippen molar-refractivity contribution in [2.45, 2.75) is 26.8 Å². The van der Waals surface area contributed by atoms with Crippen molar-refractivity contribution in [1.29, 1.82) is 0 Å². The molecule has 2 aromatic heterocycles. The van der Waals surface area contributed by atoms with Crippen molar-refractivity contribution in [2.75, 3.05) is 17.2 Å². The summed E-state index contributed by atoms with van der Waals surface area (Å²) in [6.45, 7) is 5.91. The van der Waals surface area contributed by atoms with Gasteiger partial charge in [-0.2, -0.15) is 10.1 Å². The molecule has 6 nitrogen and oxygen atoms in total. The predicted molar refractivity (Wildman–Crippen MR) is 79.3 cm³/mol. The third-order valence-electron chi connectivity index (χ3n) is 2.76. The van der Waals surface area contributed by atoms with Crippen molar-refractivity contribution in [2.24, 2.45) is 5.92 Å². The van der Waals surface area contributed by atoms with E-state index < -0.39 is 0 Å². The van der Waals surface area contributed by atoms with Gasteiger partial charge in [0.1, 0.15) is 5.82 Å². The largest absolute Gasteiger partial charge is 0.369 e. The summed E-state index contributed by atoms with van der Waals surface area (Å²) < 4.78 is 0. The molecule has 0 fully saturated rings. The summed E-state index contributed by atoms with van der Waals surface area (Å²) >= 11 is 0. The van der Waals surface area contributed by atoms with E-state index in [2.05, 4.69) is 44.6 Å². The van der Waals surface area contributed by atoms with E-state index in [0.29, 0.717) is 18.4 Å². The Morgan fingerprint density at radius 2 is 2.10 bits per heavy atom. The molecule has 106 valence electrons. The Morgan fingerprint density at radius 3 is 2.85 bits per heavy atom. The minimum absolute atomic E-state index is 0.517. The van der Waals surface area contributed by atoms with Gasteiger partial charge in [0, 0.05) is 25.5 Å². The van der Waals surface area contributed by atoms with Gasteiger partial charge >= 0.3 is 0 Å². The van der Waals surface area contributed by atoms with E-state index in [1.54, 1.807) is 12.4 Å². The van der Waals surface area contributed by atoms with E-state index in [-0.39, 0.29) is 0 Å². The smallest absolute Gasteiger partial charge is 0.244 e. The monoisotopic (exact) mass is 272 g/mol. The lowest BCUT2D eigenvalue weighted by molar-refractivity contribution is 0.606. The quantitative estimate of drug-likeness (QED) is 0.805. The van der Waals surface area contributed by atoms with Gasteiger partial charge in [-0.15, -0.1) is 5.10 Å². The first-order valence-electron chi connectivity index (χ1n) is 6.80. The van der Waals surface area contributed by atoms with E-state index in [1.807, 2.05) is 18.3 Å². The Balaban J connectivity index is 1.86. The number of nitrogens with one attached hydrogen (secondary N) is 2. The highest BCUT2D eigenvalue weighted by Gasteiger charge is 2.01. The molecule has 2 heterocycles. The summed E-state index contributed by atoms with van der Waals surface area (Å²) in [6, 6.07) is 3.90. The van der Waals surface area contributed by atoms with Gasteiger partial charge in [0.25, 0.3) is 0 Å². The lowest BCUT2D eigenvalue weighted by Gasteiger charge is -2.08. The van der Waals surface area contributed by atoms with Crippen LogP contribution in [0.5, 0.6) is 0 Å². The number of rotatable bonds is 7. The second-order valence-corrected chi connectivity index (χ2v) is 4.99. The van der Waals surface area contributed by atoms with Crippen molar-refractivity contribution in [3.05, 3.63) is 36.3 Å². The molecule has 0 aromatic carbocycles. The molecule has 0 saturated carbocycles. The van der Waals surface area contributed by atoms with Gasteiger partial charge in [0.05, 0.1) is 6.20 Å². The molecule has 0 saturated heterocycles. The highest BCUT2D eigenvalue weighted by Crippen LogP contribution is 2.07. The molecule has 0 aliphatic heterocycles. The van der Waals surface area contributed by atoms with Crippen molar-refractivity contribution >= 4 is 11.8 Å². The van der Waals surface area contributed by atoms with E-state index in [1.165, 1.54) is 0 Å². The van der Waals surface area contributed by atoms with Crippen LogP contribution in [0.2, 0.25) is 0 Å². The zero-order chi connectivity index (χ0) is 14.2. The highest BCUT2D eigenvalue weighted by atomic mass is 15.3. The van der Waals surface area contributed by atoms with Crippen LogP contribution in [-0.4, -0.2) is 26.7 Å². The number of hydrogen-bond donors (Lipinski definition) is 2. The fraction of sp³-hybridized carbons (Fsp3) is 0.429. The van der Waals surface area contributed by atoms with Crippen molar-refractivity contribution in [3.63, 3.8) is 0 Å². The summed E-state index contributed by atoms with van der Waals surface area (Å²) in [6.07, 6.45) is 6.30. The Kier molecular flexibility index (Phi) is 5.23. The van der Waals surface area contributed by atoms with Gasteiger partial charge in [-0.1, -0.05) is 19.9 Å². The molecule has 0 unspecified atom stereocenters. The fourth-order valence-corrected chi connectivity index (χ4v) is 1.64. The minimum atomic E-state index is 0.517. The van der Waals surface area contributed by atoms with Gasteiger partial charge in [0.2, 0.25) is 5.95 Å². The maximum atomic E-state index is 4.37. The third kappa shape index (κ3) is 4.79. The van der Waals surface area contributed by atoms with Crippen LogP contribution < -0.4 is 10.6 Å². The van der Waals surface area contributed by atoms with Crippen LogP contribution in [0.3, 0.4) is 0 Å². The lowest BCUT2D eigenvalue weighted by Crippen LogP contribution is -2.10. The molecule has 0 aliphatic carbocycles. The molecule has 0 spiro atoms. The summed E-state index contributed by atoms with van der Waals surface area (Å²) in [5.41, 5.74) is 1.08. The molecule has 20 heavy (non-hydrogen) atoms. The fourth-order valence-electron chi connectivity index (χ4n) is 1.64. The van der Waals surface area contributed by atoms with Gasteiger partial charge in [-0.3, -0.25) is 4.98 Å². The number of nitrogens with zero attached hydrogens (tertiary/aromatic N) is 4. The number of aromatic nitrogens is 4. The SMILES string of the molecule is CC(C)CCNc1cnnc(NCc2cccnc2)n1. The van der Waals surface area contributed by atoms with Crippen LogP contribution in [0.15, 0.2) is 30.7 Å². The van der Waals surface area contributed by atoms with Crippen LogP contribution in [-0.2, 0) is 6.54 Å². The van der Waals surface area contributed by atoms with Crippen LogP contribution in [0, 0.1) is 5.92 Å². The van der Waals surface area contributed by atoms with Crippen molar-refractivity contribution in [1.82, 2.24) is 20.2 Å². The maximum Gasteiger partial charge on any atom is 0.244 e. The molecule has 0 aliphatic rings. The van der Waals surface area contributed by atoms with E-state index in [0.717, 1.165) is 24.3 Å². The maximum absolute atomic E-state index is 4.37. The molecular formula is C14H20N6. The average Bonchev–Trinajstić information content (AvgIpc) is 2.46. The first kappa shape index (κ1) is 14.2. The van der Waals surface area contributed by atoms with Gasteiger partial charge in [0.15, 0.2) is 0 Å². The van der Waals surface area contributed by atoms with E-state index in [4.69, 9.17) is 0 Å². The Labute approximate surface area is 119 Å². The molecular weight excluding hydrogens is 252 g/mol. The standard InChI is InChI=1S/C14H20N6/c1-11(2)5-7-16-13-10-18-20-14(19-13)17-9-12-4-3-6-15-8-12/h3-4,6,8,10-11H,5,7,9H2,1-2H3,(H2,16,17,19,20). The molecule has 0 bridgehead atoms. The lowest BCUT2D eigenvalue weighted by atomic mass is 10.1. The zero-order valence-corrected chi connectivity index (χ0v) is 11.9. The normalized spacial score (nSPS) is 10.6. The molecule has 0 amide bonds. The van der Waals surface area contributed by atoms with Crippen molar-refractivity contribution in [3.8, 4) is 0 Å². The first-order chi connectivity index (χ1) is 9.74. The summed E-state index contributed by atoms with van der Waals surface area (Å²) in [4.78, 5) is 8.43. The van der Waals surface area contributed by atoms with Gasteiger partial charge in [-0.05, 0) is 24.0 Å². The Morgan fingerprint density at radius 1 is 1.20 bits per heavy atom. The molecule has 2 N–H and O–H groups in total. The second-order valence-electron chi connectivity index (χ2n) is 4.99. The number of anilines is 2. The van der Waals surface area contributed by atoms with Gasteiger partial charge < -0.3 is 10.6 Å². The highest BCUT2D eigenvalue weighted by molar-refractivity contribution is 5.37. The number of hydrogen-bond acceptors (Lipinski definition) is 6. The topological polar surface area (TPSA) is 75.6 Å². The van der Waals surface area contributed by atoms with Crippen LogP contribution in [0.25, 0.3) is 0 Å². The second kappa shape index (κ2) is 7.37. The molecule has 0 atom stereocenters. The number of pyridine rings is 1. The predicted octanol–water partition coefficient (Wildman–Crippen LogP) is 2.34. The molecule has 6 heteroatoms. The van der Waals surface area contributed by atoms with Gasteiger partial charge in [-0.25, -0.2) is 0 Å². The summed E-state index contributed by atoms with van der Waals surface area (Å²) in [7, 11) is 0. The zero-order valence-electron chi connectivity index (χ0n) is 11.9. The summed E-state index contributed by atoms with van der Waals surface area (Å²) in [5, 5.41) is 14.3. The Hall–Kier alpha value is -2.24. The van der Waals surface area contributed by atoms with Crippen molar-refractivity contribution < 1.29 is 0 Å². The van der Waals surface area contributed by atoms with E-state index in [9.17, 15) is 0 Å².